The summed E-state index contributed by atoms with van der Waals surface area (Å²) in [5.41, 5.74) is 0.127. The van der Waals surface area contributed by atoms with Gasteiger partial charge in [-0.25, -0.2) is 14.2 Å². The number of hydrogen-bond acceptors (Lipinski definition) is 7. The van der Waals surface area contributed by atoms with E-state index in [4.69, 9.17) is 16.3 Å². The Morgan fingerprint density at radius 2 is 2.17 bits per heavy atom. The van der Waals surface area contributed by atoms with Crippen LogP contribution in [0.4, 0.5) is 4.39 Å². The van der Waals surface area contributed by atoms with Gasteiger partial charge in [0, 0.05) is 16.3 Å². The van der Waals surface area contributed by atoms with Crippen LogP contribution in [0, 0.1) is 5.82 Å². The molecule has 3 aromatic heterocycles. The molecule has 30 heavy (non-hydrogen) atoms. The van der Waals surface area contributed by atoms with Gasteiger partial charge in [0.1, 0.15) is 5.69 Å². The third-order valence-electron chi connectivity index (χ3n) is 4.33. The zero-order chi connectivity index (χ0) is 20.8. The van der Waals surface area contributed by atoms with Gasteiger partial charge in [-0.1, -0.05) is 11.6 Å². The van der Waals surface area contributed by atoms with Crippen LogP contribution in [0.1, 0.15) is 18.5 Å². The van der Waals surface area contributed by atoms with Crippen LogP contribution in [0.3, 0.4) is 0 Å². The van der Waals surface area contributed by atoms with Crippen molar-refractivity contribution in [3.8, 4) is 17.6 Å². The van der Waals surface area contributed by atoms with Crippen molar-refractivity contribution in [2.45, 2.75) is 18.9 Å². The Morgan fingerprint density at radius 3 is 2.90 bits per heavy atom. The molecule has 3 heterocycles. The molecule has 152 valence electrons. The zero-order valence-electron chi connectivity index (χ0n) is 15.1. The number of rotatable bonds is 4. The van der Waals surface area contributed by atoms with E-state index in [0.717, 1.165) is 12.8 Å². The lowest BCUT2D eigenvalue weighted by atomic mass is 10.3. The van der Waals surface area contributed by atoms with E-state index in [-0.39, 0.29) is 35.0 Å². The number of aromatic nitrogens is 6. The summed E-state index contributed by atoms with van der Waals surface area (Å²) >= 11 is 5.92. The number of aromatic hydroxyl groups is 1. The standard InChI is InChI=1S/C18H13ClFN7O3/c19-9-1-4-11(20)13(6-9)30-18-24-14-8(5-12-15(28)25-17(29)23-12)7-21-27(14)16(26-18)22-10-2-3-10/h1,4-7,10,28H,2-3H2,(H2,23,25,29)/b8-5+,22-16?. The number of imidazole rings is 1. The number of benzene rings is 1. The van der Waals surface area contributed by atoms with Crippen LogP contribution in [0.5, 0.6) is 17.6 Å². The van der Waals surface area contributed by atoms with E-state index in [1.54, 1.807) is 0 Å². The molecule has 0 atom stereocenters. The number of hydrogen-bond donors (Lipinski definition) is 3. The fourth-order valence-corrected chi connectivity index (χ4v) is 2.92. The molecule has 0 radical (unpaired) electrons. The van der Waals surface area contributed by atoms with Crippen molar-refractivity contribution in [2.75, 3.05) is 0 Å². The minimum atomic E-state index is -0.626. The number of ether oxygens (including phenoxy) is 1. The Labute approximate surface area is 171 Å². The van der Waals surface area contributed by atoms with Gasteiger partial charge in [0.25, 0.3) is 5.62 Å². The van der Waals surface area contributed by atoms with Gasteiger partial charge in [0.15, 0.2) is 17.2 Å². The zero-order valence-corrected chi connectivity index (χ0v) is 15.9. The Morgan fingerprint density at radius 1 is 1.33 bits per heavy atom. The van der Waals surface area contributed by atoms with Gasteiger partial charge in [-0.15, -0.1) is 0 Å². The highest BCUT2D eigenvalue weighted by Crippen LogP contribution is 2.25. The molecule has 1 aromatic carbocycles. The summed E-state index contributed by atoms with van der Waals surface area (Å²) in [4.78, 5) is 29.1. The first-order valence-electron chi connectivity index (χ1n) is 8.92. The van der Waals surface area contributed by atoms with E-state index in [1.165, 1.54) is 35.0 Å². The molecule has 0 spiro atoms. The fraction of sp³-hybridized carbons (Fsp3) is 0.167. The molecule has 1 saturated carbocycles. The maximum Gasteiger partial charge on any atom is 0.327 e. The van der Waals surface area contributed by atoms with Gasteiger partial charge in [-0.2, -0.15) is 19.6 Å². The first kappa shape index (κ1) is 18.3. The predicted molar refractivity (Wildman–Crippen MR) is 103 cm³/mol. The summed E-state index contributed by atoms with van der Waals surface area (Å²) in [6.07, 6.45) is 4.82. The van der Waals surface area contributed by atoms with Crippen LogP contribution < -0.4 is 21.3 Å². The minimum absolute atomic E-state index is 0.126. The van der Waals surface area contributed by atoms with Crippen molar-refractivity contribution in [2.24, 2.45) is 4.99 Å². The number of aromatic amines is 2. The third-order valence-corrected chi connectivity index (χ3v) is 4.57. The van der Waals surface area contributed by atoms with Gasteiger partial charge in [0.2, 0.25) is 5.88 Å². The van der Waals surface area contributed by atoms with Gasteiger partial charge < -0.3 is 14.8 Å². The lowest BCUT2D eigenvalue weighted by molar-refractivity contribution is 0.406. The van der Waals surface area contributed by atoms with Crippen LogP contribution in [0.2, 0.25) is 5.02 Å². The summed E-state index contributed by atoms with van der Waals surface area (Å²) in [7, 11) is 0. The van der Waals surface area contributed by atoms with Crippen LogP contribution >= 0.6 is 11.6 Å². The highest BCUT2D eigenvalue weighted by atomic mass is 35.5. The molecule has 0 amide bonds. The van der Waals surface area contributed by atoms with Crippen LogP contribution in [0.25, 0.3) is 11.7 Å². The average molecular weight is 430 g/mol. The van der Waals surface area contributed by atoms with E-state index in [2.05, 4.69) is 30.0 Å². The lowest BCUT2D eigenvalue weighted by Gasteiger charge is -2.05. The van der Waals surface area contributed by atoms with Crippen LogP contribution in [-0.4, -0.2) is 40.7 Å². The largest absolute Gasteiger partial charge is 0.493 e. The molecular weight excluding hydrogens is 417 g/mol. The Balaban J connectivity index is 1.69. The summed E-state index contributed by atoms with van der Waals surface area (Å²) < 4.78 is 21.0. The quantitative estimate of drug-likeness (QED) is 0.444. The van der Waals surface area contributed by atoms with E-state index in [0.29, 0.717) is 15.9 Å². The van der Waals surface area contributed by atoms with Crippen molar-refractivity contribution in [1.82, 2.24) is 29.5 Å². The summed E-state index contributed by atoms with van der Waals surface area (Å²) in [5, 5.41) is 14.8. The average Bonchev–Trinajstić information content (AvgIpc) is 3.34. The van der Waals surface area contributed by atoms with E-state index < -0.39 is 11.5 Å². The van der Waals surface area contributed by atoms with Crippen LogP contribution in [0.15, 0.2) is 34.2 Å². The summed E-state index contributed by atoms with van der Waals surface area (Å²) in [6.45, 7) is 0. The maximum atomic E-state index is 14.1. The number of nitrogens with one attached hydrogen (secondary N) is 2. The number of H-pyrrole nitrogens is 2. The minimum Gasteiger partial charge on any atom is -0.493 e. The van der Waals surface area contributed by atoms with Crippen LogP contribution in [-0.2, 0) is 0 Å². The molecule has 12 heteroatoms. The summed E-state index contributed by atoms with van der Waals surface area (Å²) in [6, 6.07) is 3.86. The van der Waals surface area contributed by atoms with Gasteiger partial charge in [-0.05, 0) is 31.1 Å². The first-order chi connectivity index (χ1) is 14.5. The number of halogens is 2. The monoisotopic (exact) mass is 429 g/mol. The highest BCUT2D eigenvalue weighted by Gasteiger charge is 2.21. The second-order valence-corrected chi connectivity index (χ2v) is 7.10. The molecule has 5 rings (SSSR count). The highest BCUT2D eigenvalue weighted by molar-refractivity contribution is 6.30. The normalized spacial score (nSPS) is 15.3. The Kier molecular flexibility index (Phi) is 4.24. The van der Waals surface area contributed by atoms with Crippen molar-refractivity contribution >= 4 is 23.3 Å². The molecule has 3 N–H and O–H groups in total. The first-order valence-corrected chi connectivity index (χ1v) is 9.29. The Hall–Kier alpha value is -3.73. The maximum absolute atomic E-state index is 14.1. The lowest BCUT2D eigenvalue weighted by Crippen LogP contribution is -2.23. The molecule has 1 fully saturated rings. The SMILES string of the molecule is O=c1[nH]c(O)c(/C=c2\cnn3c(=NC4CC4)nc(Oc4cc(Cl)ccc4F)nc23)[nH]1. The Bertz CT molecular complexity index is 1450. The van der Waals surface area contributed by atoms with Crippen molar-refractivity contribution < 1.29 is 14.2 Å². The molecule has 1 aliphatic rings. The van der Waals surface area contributed by atoms with Crippen molar-refractivity contribution in [3.05, 3.63) is 62.3 Å². The van der Waals surface area contributed by atoms with E-state index in [1.807, 2.05) is 0 Å². The predicted octanol–water partition coefficient (Wildman–Crippen LogP) is 1.04. The van der Waals surface area contributed by atoms with E-state index in [9.17, 15) is 14.3 Å². The van der Waals surface area contributed by atoms with Crippen molar-refractivity contribution in [1.29, 1.82) is 0 Å². The molecule has 0 aliphatic heterocycles. The smallest absolute Gasteiger partial charge is 0.327 e. The fourth-order valence-electron chi connectivity index (χ4n) is 2.76. The molecular formula is C18H13ClFN7O3. The molecule has 10 nitrogen and oxygen atoms in total. The van der Waals surface area contributed by atoms with Gasteiger partial charge in [0.05, 0.1) is 12.2 Å². The molecule has 1 aliphatic carbocycles. The second kappa shape index (κ2) is 6.95. The molecule has 0 bridgehead atoms. The number of fused-ring (bicyclic) bond motifs is 1. The van der Waals surface area contributed by atoms with Gasteiger partial charge >= 0.3 is 11.7 Å². The van der Waals surface area contributed by atoms with Crippen molar-refractivity contribution in [3.63, 3.8) is 0 Å². The molecule has 4 aromatic rings. The molecule has 0 saturated heterocycles. The topological polar surface area (TPSA) is 134 Å². The third kappa shape index (κ3) is 3.50. The second-order valence-electron chi connectivity index (χ2n) is 6.66. The van der Waals surface area contributed by atoms with Gasteiger partial charge in [-0.3, -0.25) is 4.98 Å². The molecule has 0 unspecified atom stereocenters. The summed E-state index contributed by atoms with van der Waals surface area (Å²) in [5.74, 6) is -1.09. The number of nitrogens with zero attached hydrogens (tertiary/aromatic N) is 5. The van der Waals surface area contributed by atoms with E-state index >= 15 is 0 Å².